The molecule has 0 bridgehead atoms. The molecule has 0 atom stereocenters. The summed E-state index contributed by atoms with van der Waals surface area (Å²) in [4.78, 5) is 10.1. The summed E-state index contributed by atoms with van der Waals surface area (Å²) in [7, 11) is -4.62. The van der Waals surface area contributed by atoms with E-state index in [-0.39, 0.29) is 11.3 Å². The van der Waals surface area contributed by atoms with Crippen LogP contribution in [-0.2, 0) is 10.1 Å². The molecule has 2 N–H and O–H groups in total. The smallest absolute Gasteiger partial charge is 0.296 e. The first kappa shape index (κ1) is 14.8. The maximum atomic E-state index is 11.3. The molecule has 0 aromatic heterocycles. The molecule has 0 aliphatic heterocycles. The molecule has 21 heavy (non-hydrogen) atoms. The van der Waals surface area contributed by atoms with Gasteiger partial charge in [0.25, 0.3) is 10.1 Å². The lowest BCUT2D eigenvalue weighted by molar-refractivity contribution is 0.112. The Bertz CT molecular complexity index is 801. The number of carbonyl (C=O) groups excluding carboxylic acids is 1. The molecule has 0 spiro atoms. The topological polar surface area (TPSA) is 116 Å². The quantitative estimate of drug-likeness (QED) is 0.511. The number of benzene rings is 2. The van der Waals surface area contributed by atoms with Crippen molar-refractivity contribution >= 4 is 27.8 Å². The first-order valence-electron chi connectivity index (χ1n) is 5.68. The van der Waals surface area contributed by atoms with Crippen LogP contribution in [0.15, 0.2) is 57.6 Å². The van der Waals surface area contributed by atoms with Gasteiger partial charge in [0.15, 0.2) is 6.29 Å². The Balaban J connectivity index is 2.56. The molecule has 108 valence electrons. The minimum Gasteiger partial charge on any atom is -0.507 e. The molecule has 8 heteroatoms. The summed E-state index contributed by atoms with van der Waals surface area (Å²) in [6, 6.07) is 10.2. The Labute approximate surface area is 120 Å². The number of hydrogen-bond acceptors (Lipinski definition) is 6. The summed E-state index contributed by atoms with van der Waals surface area (Å²) in [6.45, 7) is 0. The number of hydrogen-bond donors (Lipinski definition) is 2. The van der Waals surface area contributed by atoms with Gasteiger partial charge < -0.3 is 5.11 Å². The first-order valence-corrected chi connectivity index (χ1v) is 7.12. The summed E-state index contributed by atoms with van der Waals surface area (Å²) in [5.74, 6) is -0.573. The number of aromatic hydroxyl groups is 1. The van der Waals surface area contributed by atoms with Crippen LogP contribution in [0, 0.1) is 0 Å². The van der Waals surface area contributed by atoms with Crippen molar-refractivity contribution < 1.29 is 22.9 Å². The van der Waals surface area contributed by atoms with Crippen LogP contribution >= 0.6 is 0 Å². The van der Waals surface area contributed by atoms with Gasteiger partial charge in [0.2, 0.25) is 0 Å². The lowest BCUT2D eigenvalue weighted by Gasteiger charge is -2.04. The van der Waals surface area contributed by atoms with Gasteiger partial charge in [-0.15, -0.1) is 5.11 Å². The summed E-state index contributed by atoms with van der Waals surface area (Å²) in [6.07, 6.45) is 0.338. The van der Waals surface area contributed by atoms with Crippen molar-refractivity contribution in [2.24, 2.45) is 10.2 Å². The molecule has 2 aromatic rings. The summed E-state index contributed by atoms with van der Waals surface area (Å²) >= 11 is 0. The van der Waals surface area contributed by atoms with Gasteiger partial charge in [0.1, 0.15) is 16.3 Å². The Morgan fingerprint density at radius 3 is 2.29 bits per heavy atom. The lowest BCUT2D eigenvalue weighted by atomic mass is 10.2. The number of phenolic OH excluding ortho intramolecular Hbond substituents is 1. The normalized spacial score (nSPS) is 11.7. The Morgan fingerprint density at radius 2 is 1.71 bits per heavy atom. The lowest BCUT2D eigenvalue weighted by Crippen LogP contribution is -1.99. The fourth-order valence-electron chi connectivity index (χ4n) is 1.56. The number of aldehydes is 1. The largest absolute Gasteiger partial charge is 0.507 e. The molecule has 0 radical (unpaired) electrons. The first-order chi connectivity index (χ1) is 9.91. The highest BCUT2D eigenvalue weighted by Crippen LogP contribution is 2.32. The third-order valence-corrected chi connectivity index (χ3v) is 3.43. The highest BCUT2D eigenvalue weighted by Gasteiger charge is 2.19. The Hall–Kier alpha value is -2.58. The van der Waals surface area contributed by atoms with Crippen molar-refractivity contribution in [3.63, 3.8) is 0 Å². The third kappa shape index (κ3) is 3.50. The van der Waals surface area contributed by atoms with E-state index in [4.69, 9.17) is 4.55 Å². The van der Waals surface area contributed by atoms with Crippen molar-refractivity contribution in [2.45, 2.75) is 4.90 Å². The van der Waals surface area contributed by atoms with Crippen LogP contribution in [0.25, 0.3) is 0 Å². The van der Waals surface area contributed by atoms with Gasteiger partial charge in [-0.2, -0.15) is 13.5 Å². The van der Waals surface area contributed by atoms with E-state index in [1.807, 2.05) is 0 Å². The monoisotopic (exact) mass is 306 g/mol. The zero-order chi connectivity index (χ0) is 15.5. The molecule has 7 nitrogen and oxygen atoms in total. The minimum atomic E-state index is -4.62. The molecule has 0 unspecified atom stereocenters. The van der Waals surface area contributed by atoms with Gasteiger partial charge in [-0.05, 0) is 18.2 Å². The van der Waals surface area contributed by atoms with Crippen LogP contribution in [0.4, 0.5) is 11.4 Å². The van der Waals surface area contributed by atoms with Crippen molar-refractivity contribution in [1.29, 1.82) is 0 Å². The van der Waals surface area contributed by atoms with Gasteiger partial charge in [-0.25, -0.2) is 0 Å². The average Bonchev–Trinajstić information content (AvgIpc) is 2.45. The predicted molar refractivity (Wildman–Crippen MR) is 73.9 cm³/mol. The molecule has 0 saturated carbocycles. The standard InChI is InChI=1S/C13H10N2O5S/c16-8-9-6-11(13(7-12(9)17)21(18,19)20)15-14-10-4-2-1-3-5-10/h1-8,17H,(H,18,19,20). The zero-order valence-corrected chi connectivity index (χ0v) is 11.4. The van der Waals surface area contributed by atoms with Crippen molar-refractivity contribution in [2.75, 3.05) is 0 Å². The Kier molecular flexibility index (Phi) is 4.10. The highest BCUT2D eigenvalue weighted by atomic mass is 32.2. The highest BCUT2D eigenvalue weighted by molar-refractivity contribution is 7.86. The third-order valence-electron chi connectivity index (χ3n) is 2.54. The second-order valence-corrected chi connectivity index (χ2v) is 5.40. The molecule has 0 aliphatic rings. The van der Waals surface area contributed by atoms with Crippen LogP contribution in [0.3, 0.4) is 0 Å². The van der Waals surface area contributed by atoms with Crippen molar-refractivity contribution in [1.82, 2.24) is 0 Å². The summed E-state index contributed by atoms with van der Waals surface area (Å²) in [5, 5.41) is 17.0. The van der Waals surface area contributed by atoms with E-state index in [2.05, 4.69) is 10.2 Å². The number of azo groups is 1. The molecule has 2 aromatic carbocycles. The van der Waals surface area contributed by atoms with Crippen LogP contribution < -0.4 is 0 Å². The van der Waals surface area contributed by atoms with Crippen LogP contribution in [-0.4, -0.2) is 24.4 Å². The Morgan fingerprint density at radius 1 is 1.05 bits per heavy atom. The molecule has 0 aliphatic carbocycles. The molecule has 0 amide bonds. The number of rotatable bonds is 4. The van der Waals surface area contributed by atoms with E-state index >= 15 is 0 Å². The molecule has 2 rings (SSSR count). The van der Waals surface area contributed by atoms with E-state index in [1.54, 1.807) is 30.3 Å². The van der Waals surface area contributed by atoms with Crippen molar-refractivity contribution in [3.8, 4) is 5.75 Å². The number of nitrogens with zero attached hydrogens (tertiary/aromatic N) is 2. The molecule has 0 heterocycles. The van der Waals surface area contributed by atoms with Crippen LogP contribution in [0.5, 0.6) is 5.75 Å². The fraction of sp³-hybridized carbons (Fsp3) is 0. The van der Waals surface area contributed by atoms with E-state index < -0.39 is 20.8 Å². The molecular formula is C13H10N2O5S. The SMILES string of the molecule is O=Cc1cc(N=Nc2ccccc2)c(S(=O)(=O)O)cc1O. The molecule has 0 fully saturated rings. The second-order valence-electron chi connectivity index (χ2n) is 4.01. The van der Waals surface area contributed by atoms with Crippen LogP contribution in [0.1, 0.15) is 10.4 Å². The zero-order valence-electron chi connectivity index (χ0n) is 10.5. The maximum Gasteiger partial charge on any atom is 0.296 e. The van der Waals surface area contributed by atoms with Gasteiger partial charge in [-0.1, -0.05) is 18.2 Å². The van der Waals surface area contributed by atoms with Gasteiger partial charge in [0.05, 0.1) is 11.3 Å². The van der Waals surface area contributed by atoms with Crippen LogP contribution in [0.2, 0.25) is 0 Å². The molecular weight excluding hydrogens is 296 g/mol. The predicted octanol–water partition coefficient (Wildman–Crippen LogP) is 2.87. The van der Waals surface area contributed by atoms with E-state index in [0.29, 0.717) is 12.0 Å². The fourth-order valence-corrected chi connectivity index (χ4v) is 2.18. The number of phenols is 1. The van der Waals surface area contributed by atoms with E-state index in [9.17, 15) is 18.3 Å². The van der Waals surface area contributed by atoms with Gasteiger partial charge >= 0.3 is 0 Å². The van der Waals surface area contributed by atoms with Crippen molar-refractivity contribution in [3.05, 3.63) is 48.0 Å². The average molecular weight is 306 g/mol. The van der Waals surface area contributed by atoms with Gasteiger partial charge in [0, 0.05) is 6.07 Å². The minimum absolute atomic E-state index is 0.163. The maximum absolute atomic E-state index is 11.3. The summed E-state index contributed by atoms with van der Waals surface area (Å²) in [5.41, 5.74) is 0.0465. The second kappa shape index (κ2) is 5.81. The summed E-state index contributed by atoms with van der Waals surface area (Å²) < 4.78 is 31.7. The van der Waals surface area contributed by atoms with Gasteiger partial charge in [-0.3, -0.25) is 9.35 Å². The number of carbonyl (C=O) groups is 1. The molecule has 0 saturated heterocycles. The van der Waals surface area contributed by atoms with E-state index in [1.165, 1.54) is 0 Å². The van der Waals surface area contributed by atoms with E-state index in [0.717, 1.165) is 12.1 Å².